The summed E-state index contributed by atoms with van der Waals surface area (Å²) in [6, 6.07) is 11.3. The molecule has 31 heavy (non-hydrogen) atoms. The second kappa shape index (κ2) is 10.2. The topological polar surface area (TPSA) is 68.3 Å². The smallest absolute Gasteiger partial charge is 0.189 e. The molecule has 164 valence electrons. The molecule has 1 aromatic heterocycles. The van der Waals surface area contributed by atoms with Gasteiger partial charge in [-0.05, 0) is 66.6 Å². The van der Waals surface area contributed by atoms with Gasteiger partial charge in [-0.25, -0.2) is 22.2 Å². The summed E-state index contributed by atoms with van der Waals surface area (Å²) in [4.78, 5) is 4.13. The highest BCUT2D eigenvalue weighted by atomic mass is 35.5. The van der Waals surface area contributed by atoms with Crippen LogP contribution in [0.5, 0.6) is 0 Å². The molecule has 0 radical (unpaired) electrons. The van der Waals surface area contributed by atoms with E-state index in [9.17, 15) is 17.2 Å². The second-order valence-electron chi connectivity index (χ2n) is 6.79. The third kappa shape index (κ3) is 5.58. The molecule has 0 fully saturated rings. The zero-order valence-electron chi connectivity index (χ0n) is 16.7. The highest BCUT2D eigenvalue weighted by Gasteiger charge is 2.33. The van der Waals surface area contributed by atoms with Crippen molar-refractivity contribution in [1.82, 2.24) is 4.98 Å². The van der Waals surface area contributed by atoms with Crippen molar-refractivity contribution in [3.63, 3.8) is 0 Å². The molecule has 1 N–H and O–H groups in total. The van der Waals surface area contributed by atoms with Crippen LogP contribution in [0.4, 0.5) is 14.6 Å². The highest BCUT2D eigenvalue weighted by molar-refractivity contribution is 7.91. The van der Waals surface area contributed by atoms with Crippen molar-refractivity contribution in [2.75, 3.05) is 25.6 Å². The number of hydrogen-bond acceptors (Lipinski definition) is 5. The van der Waals surface area contributed by atoms with Crippen molar-refractivity contribution in [1.29, 1.82) is 0 Å². The number of halogens is 3. The van der Waals surface area contributed by atoms with Gasteiger partial charge in [-0.3, -0.25) is 0 Å². The number of hydrogen-bond donors (Lipinski definition) is 1. The number of aromatic nitrogens is 1. The Bertz CT molecular complexity index is 1140. The summed E-state index contributed by atoms with van der Waals surface area (Å²) >= 11 is 5.88. The van der Waals surface area contributed by atoms with Crippen LogP contribution in [0.15, 0.2) is 65.7 Å². The van der Waals surface area contributed by atoms with Gasteiger partial charge in [0, 0.05) is 37.0 Å². The number of nitrogens with one attached hydrogen (secondary N) is 1. The van der Waals surface area contributed by atoms with E-state index in [0.717, 1.165) is 18.2 Å². The molecule has 0 aliphatic heterocycles. The number of rotatable bonds is 9. The minimum absolute atomic E-state index is 0.0584. The molecule has 2 aromatic carbocycles. The SMILES string of the molecule is COCCCNc1cc(C(c2cc(F)ccc2F)S(=O)(=O)c2ccc(Cl)cc2)ccn1. The van der Waals surface area contributed by atoms with Gasteiger partial charge >= 0.3 is 0 Å². The van der Waals surface area contributed by atoms with Crippen LogP contribution in [0.1, 0.15) is 22.8 Å². The first-order valence-corrected chi connectivity index (χ1v) is 11.4. The zero-order valence-corrected chi connectivity index (χ0v) is 18.3. The molecule has 0 aliphatic rings. The van der Waals surface area contributed by atoms with Crippen LogP contribution < -0.4 is 5.32 Å². The van der Waals surface area contributed by atoms with Gasteiger partial charge < -0.3 is 10.1 Å². The van der Waals surface area contributed by atoms with Crippen molar-refractivity contribution < 1.29 is 21.9 Å². The minimum Gasteiger partial charge on any atom is -0.385 e. The van der Waals surface area contributed by atoms with E-state index in [4.69, 9.17) is 16.3 Å². The molecule has 1 heterocycles. The predicted molar refractivity (Wildman–Crippen MR) is 116 cm³/mol. The van der Waals surface area contributed by atoms with E-state index in [1.165, 1.54) is 42.6 Å². The maximum absolute atomic E-state index is 14.7. The maximum Gasteiger partial charge on any atom is 0.189 e. The number of sulfone groups is 1. The van der Waals surface area contributed by atoms with E-state index in [2.05, 4.69) is 10.3 Å². The van der Waals surface area contributed by atoms with Crippen LogP contribution in [0.2, 0.25) is 5.02 Å². The minimum atomic E-state index is -4.15. The first kappa shape index (κ1) is 23.1. The lowest BCUT2D eigenvalue weighted by Crippen LogP contribution is -2.17. The van der Waals surface area contributed by atoms with Crippen LogP contribution >= 0.6 is 11.6 Å². The van der Waals surface area contributed by atoms with Crippen LogP contribution in [0.25, 0.3) is 0 Å². The summed E-state index contributed by atoms with van der Waals surface area (Å²) in [6.45, 7) is 1.10. The fourth-order valence-corrected chi connectivity index (χ4v) is 5.07. The van der Waals surface area contributed by atoms with Crippen molar-refractivity contribution in [3.8, 4) is 0 Å². The lowest BCUT2D eigenvalue weighted by atomic mass is 10.0. The Hall–Kier alpha value is -2.55. The fourth-order valence-electron chi connectivity index (χ4n) is 3.14. The van der Waals surface area contributed by atoms with Gasteiger partial charge in [-0.2, -0.15) is 0 Å². The number of ether oxygens (including phenoxy) is 1. The zero-order chi connectivity index (χ0) is 22.4. The Morgan fingerprint density at radius 1 is 1.10 bits per heavy atom. The number of benzene rings is 2. The normalized spacial score (nSPS) is 12.5. The maximum atomic E-state index is 14.7. The van der Waals surface area contributed by atoms with Crippen LogP contribution in [0.3, 0.4) is 0 Å². The molecule has 3 aromatic rings. The molecular formula is C22H21ClF2N2O3S. The van der Waals surface area contributed by atoms with E-state index in [1.54, 1.807) is 7.11 Å². The van der Waals surface area contributed by atoms with Crippen molar-refractivity contribution in [3.05, 3.63) is 88.6 Å². The number of pyridine rings is 1. The van der Waals surface area contributed by atoms with Gasteiger partial charge in [-0.1, -0.05) is 11.6 Å². The molecule has 9 heteroatoms. The van der Waals surface area contributed by atoms with Crippen molar-refractivity contribution in [2.45, 2.75) is 16.6 Å². The standard InChI is InChI=1S/C22H21ClF2N2O3S/c1-30-12-2-10-26-21-13-15(9-11-27-21)22(19-14-17(24)5-8-20(19)25)31(28,29)18-6-3-16(23)4-7-18/h3-9,11,13-14,22H,2,10,12H2,1H3,(H,26,27). The van der Waals surface area contributed by atoms with Crippen LogP contribution in [-0.4, -0.2) is 33.7 Å². The van der Waals surface area contributed by atoms with Gasteiger partial charge in [0.25, 0.3) is 0 Å². The average Bonchev–Trinajstić information content (AvgIpc) is 2.74. The Labute approximate surface area is 185 Å². The summed E-state index contributed by atoms with van der Waals surface area (Å²) in [7, 11) is -2.55. The molecule has 1 atom stereocenters. The molecule has 3 rings (SSSR count). The lowest BCUT2D eigenvalue weighted by molar-refractivity contribution is 0.198. The lowest BCUT2D eigenvalue weighted by Gasteiger charge is -2.20. The summed E-state index contributed by atoms with van der Waals surface area (Å²) < 4.78 is 60.7. The second-order valence-corrected chi connectivity index (χ2v) is 9.26. The molecule has 5 nitrogen and oxygen atoms in total. The van der Waals surface area contributed by atoms with Crippen LogP contribution in [0, 0.1) is 11.6 Å². The summed E-state index contributed by atoms with van der Waals surface area (Å²) in [5, 5.41) is 1.96. The van der Waals surface area contributed by atoms with E-state index >= 15 is 0 Å². The molecule has 0 saturated heterocycles. The van der Waals surface area contributed by atoms with Gasteiger partial charge in [0.1, 0.15) is 22.7 Å². The van der Waals surface area contributed by atoms with Crippen molar-refractivity contribution in [2.24, 2.45) is 0 Å². The summed E-state index contributed by atoms with van der Waals surface area (Å²) in [5.41, 5.74) is -0.0322. The molecule has 0 spiro atoms. The van der Waals surface area contributed by atoms with Gasteiger partial charge in [-0.15, -0.1) is 0 Å². The Morgan fingerprint density at radius 2 is 1.84 bits per heavy atom. The van der Waals surface area contributed by atoms with Gasteiger partial charge in [0.15, 0.2) is 9.84 Å². The molecule has 0 amide bonds. The first-order chi connectivity index (χ1) is 14.8. The Balaban J connectivity index is 2.09. The fraction of sp³-hybridized carbons (Fsp3) is 0.227. The first-order valence-electron chi connectivity index (χ1n) is 9.46. The van der Waals surface area contributed by atoms with E-state index in [0.29, 0.717) is 30.4 Å². The third-order valence-corrected chi connectivity index (χ3v) is 6.94. The van der Waals surface area contributed by atoms with E-state index in [1.807, 2.05) is 0 Å². The Morgan fingerprint density at radius 3 is 2.55 bits per heavy atom. The summed E-state index contributed by atoms with van der Waals surface area (Å²) in [5.74, 6) is -1.14. The number of nitrogens with zero attached hydrogens (tertiary/aromatic N) is 1. The molecular weight excluding hydrogens is 446 g/mol. The monoisotopic (exact) mass is 466 g/mol. The predicted octanol–water partition coefficient (Wildman–Crippen LogP) is 5.02. The van der Waals surface area contributed by atoms with Crippen LogP contribution in [-0.2, 0) is 14.6 Å². The average molecular weight is 467 g/mol. The molecule has 0 aliphatic carbocycles. The number of anilines is 1. The van der Waals surface area contributed by atoms with Gasteiger partial charge in [0.2, 0.25) is 0 Å². The molecule has 0 saturated carbocycles. The van der Waals surface area contributed by atoms with Crippen molar-refractivity contribution >= 4 is 27.3 Å². The van der Waals surface area contributed by atoms with E-state index in [-0.39, 0.29) is 16.0 Å². The van der Waals surface area contributed by atoms with E-state index < -0.39 is 26.7 Å². The Kier molecular flexibility index (Phi) is 7.59. The largest absolute Gasteiger partial charge is 0.385 e. The molecule has 0 bridgehead atoms. The number of methoxy groups -OCH3 is 1. The highest BCUT2D eigenvalue weighted by Crippen LogP contribution is 2.37. The molecule has 1 unspecified atom stereocenters. The summed E-state index contributed by atoms with van der Waals surface area (Å²) in [6.07, 6.45) is 2.14. The third-order valence-electron chi connectivity index (χ3n) is 4.61. The van der Waals surface area contributed by atoms with Gasteiger partial charge in [0.05, 0.1) is 4.90 Å². The quantitative estimate of drug-likeness (QED) is 0.448.